The molecule has 1 heterocycles. The zero-order chi connectivity index (χ0) is 14.7. The molecule has 0 aromatic heterocycles. The second-order valence-corrected chi connectivity index (χ2v) is 6.65. The van der Waals surface area contributed by atoms with Crippen molar-refractivity contribution in [3.63, 3.8) is 0 Å². The van der Waals surface area contributed by atoms with Crippen molar-refractivity contribution in [2.24, 2.45) is 0 Å². The standard InChI is InChI=1S/C18H18O2S/c1-20-16-9-7-14(8-10-16)18-12-15(19)11-17(21-18)13-5-3-2-4-6-13/h2-10,17-18H,11-12H2,1H3/t17-,18-/m1/s1. The normalized spacial score (nSPS) is 22.0. The number of carbonyl (C=O) groups excluding carboxylic acids is 1. The van der Waals surface area contributed by atoms with Gasteiger partial charge in [-0.1, -0.05) is 42.5 Å². The summed E-state index contributed by atoms with van der Waals surface area (Å²) in [4.78, 5) is 12.1. The first-order chi connectivity index (χ1) is 10.3. The van der Waals surface area contributed by atoms with E-state index >= 15 is 0 Å². The summed E-state index contributed by atoms with van der Waals surface area (Å²) in [5.41, 5.74) is 2.45. The molecule has 0 spiro atoms. The van der Waals surface area contributed by atoms with Gasteiger partial charge in [-0.25, -0.2) is 0 Å². The lowest BCUT2D eigenvalue weighted by Gasteiger charge is -2.28. The van der Waals surface area contributed by atoms with Crippen LogP contribution in [0.2, 0.25) is 0 Å². The molecule has 0 aliphatic carbocycles. The summed E-state index contributed by atoms with van der Waals surface area (Å²) in [6.07, 6.45) is 1.27. The molecular weight excluding hydrogens is 280 g/mol. The van der Waals surface area contributed by atoms with E-state index in [2.05, 4.69) is 24.3 Å². The maximum Gasteiger partial charge on any atom is 0.135 e. The van der Waals surface area contributed by atoms with Gasteiger partial charge in [0.25, 0.3) is 0 Å². The molecule has 1 saturated heterocycles. The molecule has 1 aliphatic rings. The van der Waals surface area contributed by atoms with E-state index in [0.717, 1.165) is 5.75 Å². The molecule has 2 aromatic carbocycles. The zero-order valence-corrected chi connectivity index (χ0v) is 12.8. The van der Waals surface area contributed by atoms with Gasteiger partial charge in [0, 0.05) is 23.3 Å². The lowest BCUT2D eigenvalue weighted by molar-refractivity contribution is -0.119. The summed E-state index contributed by atoms with van der Waals surface area (Å²) in [7, 11) is 1.67. The molecule has 1 aliphatic heterocycles. The molecule has 108 valence electrons. The topological polar surface area (TPSA) is 26.3 Å². The molecule has 21 heavy (non-hydrogen) atoms. The van der Waals surface area contributed by atoms with Crippen LogP contribution in [-0.4, -0.2) is 12.9 Å². The van der Waals surface area contributed by atoms with Gasteiger partial charge < -0.3 is 4.74 Å². The van der Waals surface area contributed by atoms with E-state index in [0.29, 0.717) is 18.6 Å². The monoisotopic (exact) mass is 298 g/mol. The van der Waals surface area contributed by atoms with Crippen molar-refractivity contribution in [2.45, 2.75) is 23.3 Å². The van der Waals surface area contributed by atoms with Crippen LogP contribution in [-0.2, 0) is 4.79 Å². The van der Waals surface area contributed by atoms with Crippen LogP contribution in [0.3, 0.4) is 0 Å². The predicted octanol–water partition coefficient (Wildman–Crippen LogP) is 4.57. The number of benzene rings is 2. The predicted molar refractivity (Wildman–Crippen MR) is 86.8 cm³/mol. The Balaban J connectivity index is 1.81. The highest BCUT2D eigenvalue weighted by Crippen LogP contribution is 2.48. The lowest BCUT2D eigenvalue weighted by atomic mass is 10.0. The zero-order valence-electron chi connectivity index (χ0n) is 12.0. The van der Waals surface area contributed by atoms with Crippen molar-refractivity contribution in [3.8, 4) is 5.75 Å². The fourth-order valence-corrected chi connectivity index (χ4v) is 4.26. The smallest absolute Gasteiger partial charge is 0.135 e. The van der Waals surface area contributed by atoms with Gasteiger partial charge in [0.2, 0.25) is 0 Å². The molecule has 3 heteroatoms. The third kappa shape index (κ3) is 3.30. The Kier molecular flexibility index (Phi) is 4.30. The molecule has 1 fully saturated rings. The van der Waals surface area contributed by atoms with Gasteiger partial charge in [-0.15, -0.1) is 11.8 Å². The van der Waals surface area contributed by atoms with Crippen molar-refractivity contribution >= 4 is 17.5 Å². The van der Waals surface area contributed by atoms with Crippen LogP contribution in [0.4, 0.5) is 0 Å². The summed E-state index contributed by atoms with van der Waals surface area (Å²) in [6.45, 7) is 0. The van der Waals surface area contributed by atoms with Crippen LogP contribution in [0, 0.1) is 0 Å². The van der Waals surface area contributed by atoms with E-state index in [1.807, 2.05) is 42.1 Å². The molecule has 0 unspecified atom stereocenters. The Morgan fingerprint density at radius 1 is 0.905 bits per heavy atom. The van der Waals surface area contributed by atoms with E-state index in [4.69, 9.17) is 4.74 Å². The first-order valence-corrected chi connectivity index (χ1v) is 8.06. The van der Waals surface area contributed by atoms with Crippen molar-refractivity contribution in [1.82, 2.24) is 0 Å². The Morgan fingerprint density at radius 2 is 1.48 bits per heavy atom. The van der Waals surface area contributed by atoms with Crippen molar-refractivity contribution in [2.75, 3.05) is 7.11 Å². The summed E-state index contributed by atoms with van der Waals surface area (Å²) in [5, 5.41) is 0.502. The lowest BCUT2D eigenvalue weighted by Crippen LogP contribution is -2.15. The minimum atomic E-state index is 0.238. The van der Waals surface area contributed by atoms with Crippen LogP contribution in [0.25, 0.3) is 0 Å². The molecule has 3 rings (SSSR count). The third-order valence-electron chi connectivity index (χ3n) is 3.81. The average Bonchev–Trinajstić information content (AvgIpc) is 2.55. The number of ether oxygens (including phenoxy) is 1. The molecule has 0 bridgehead atoms. The summed E-state index contributed by atoms with van der Waals surface area (Å²) in [5.74, 6) is 1.20. The van der Waals surface area contributed by atoms with Gasteiger partial charge in [-0.05, 0) is 23.3 Å². The van der Waals surface area contributed by atoms with E-state index in [1.54, 1.807) is 7.11 Å². The first kappa shape index (κ1) is 14.2. The van der Waals surface area contributed by atoms with E-state index in [9.17, 15) is 4.79 Å². The van der Waals surface area contributed by atoms with Crippen molar-refractivity contribution in [1.29, 1.82) is 0 Å². The molecule has 2 atom stereocenters. The highest BCUT2D eigenvalue weighted by Gasteiger charge is 2.29. The molecule has 2 nitrogen and oxygen atoms in total. The number of hydrogen-bond acceptors (Lipinski definition) is 3. The highest BCUT2D eigenvalue weighted by molar-refractivity contribution is 7.99. The van der Waals surface area contributed by atoms with Gasteiger partial charge in [0.1, 0.15) is 11.5 Å². The maximum atomic E-state index is 12.1. The molecule has 0 saturated carbocycles. The van der Waals surface area contributed by atoms with Crippen LogP contribution >= 0.6 is 11.8 Å². The number of ketones is 1. The Hall–Kier alpha value is -1.74. The Labute approximate surface area is 129 Å². The van der Waals surface area contributed by atoms with E-state index in [1.165, 1.54) is 11.1 Å². The van der Waals surface area contributed by atoms with Crippen LogP contribution in [0.1, 0.15) is 34.5 Å². The fourth-order valence-electron chi connectivity index (χ4n) is 2.67. The van der Waals surface area contributed by atoms with Gasteiger partial charge in [0.15, 0.2) is 0 Å². The molecule has 2 aromatic rings. The van der Waals surface area contributed by atoms with Gasteiger partial charge >= 0.3 is 0 Å². The Bertz CT molecular complexity index is 607. The van der Waals surface area contributed by atoms with Crippen LogP contribution in [0.5, 0.6) is 5.75 Å². The van der Waals surface area contributed by atoms with Crippen LogP contribution < -0.4 is 4.74 Å². The van der Waals surface area contributed by atoms with E-state index in [-0.39, 0.29) is 10.5 Å². The number of hydrogen-bond donors (Lipinski definition) is 0. The third-order valence-corrected chi connectivity index (χ3v) is 5.35. The van der Waals surface area contributed by atoms with Gasteiger partial charge in [-0.2, -0.15) is 0 Å². The summed E-state index contributed by atoms with van der Waals surface area (Å²) in [6, 6.07) is 18.4. The molecule has 0 N–H and O–H groups in total. The minimum absolute atomic E-state index is 0.238. The van der Waals surface area contributed by atoms with Gasteiger partial charge in [-0.3, -0.25) is 4.79 Å². The van der Waals surface area contributed by atoms with Crippen molar-refractivity contribution < 1.29 is 9.53 Å². The number of rotatable bonds is 3. The second-order valence-electron chi connectivity index (χ2n) is 5.24. The quantitative estimate of drug-likeness (QED) is 0.830. The summed E-state index contributed by atoms with van der Waals surface area (Å²) < 4.78 is 5.19. The Morgan fingerprint density at radius 3 is 2.05 bits per heavy atom. The molecule has 0 amide bonds. The summed E-state index contributed by atoms with van der Waals surface area (Å²) >= 11 is 1.89. The highest BCUT2D eigenvalue weighted by atomic mass is 32.2. The second kappa shape index (κ2) is 6.35. The average molecular weight is 298 g/mol. The number of thioether (sulfide) groups is 1. The number of Topliss-reactive ketones (excluding diaryl/α,β-unsaturated/α-hetero) is 1. The molecular formula is C18H18O2S. The minimum Gasteiger partial charge on any atom is -0.497 e. The first-order valence-electron chi connectivity index (χ1n) is 7.12. The van der Waals surface area contributed by atoms with E-state index < -0.39 is 0 Å². The molecule has 0 radical (unpaired) electrons. The van der Waals surface area contributed by atoms with Crippen molar-refractivity contribution in [3.05, 3.63) is 65.7 Å². The largest absolute Gasteiger partial charge is 0.497 e. The fraction of sp³-hybridized carbons (Fsp3) is 0.278. The SMILES string of the molecule is COc1ccc([C@H]2CC(=O)C[C@H](c3ccccc3)S2)cc1. The van der Waals surface area contributed by atoms with Gasteiger partial charge in [0.05, 0.1) is 7.11 Å². The number of methoxy groups -OCH3 is 1. The number of carbonyl (C=O) groups is 1. The maximum absolute atomic E-state index is 12.1. The van der Waals surface area contributed by atoms with Crippen LogP contribution in [0.15, 0.2) is 54.6 Å².